The summed E-state index contributed by atoms with van der Waals surface area (Å²) in [6, 6.07) is 0. The van der Waals surface area contributed by atoms with E-state index in [2.05, 4.69) is 15.0 Å². The van der Waals surface area contributed by atoms with Gasteiger partial charge in [-0.05, 0) is 0 Å². The monoisotopic (exact) mass is 239 g/mol. The SMILES string of the molecule is COC(=O)CCNCc1cn2ccsc2n1. The number of nitrogens with one attached hydrogen (secondary N) is 1. The molecule has 16 heavy (non-hydrogen) atoms. The molecule has 0 fully saturated rings. The Morgan fingerprint density at radius 1 is 1.69 bits per heavy atom. The Morgan fingerprint density at radius 3 is 3.31 bits per heavy atom. The molecular formula is C10H13N3O2S. The molecule has 0 unspecified atom stereocenters. The topological polar surface area (TPSA) is 55.6 Å². The molecule has 5 nitrogen and oxygen atoms in total. The highest BCUT2D eigenvalue weighted by molar-refractivity contribution is 7.15. The average molecular weight is 239 g/mol. The zero-order valence-electron chi connectivity index (χ0n) is 8.97. The quantitative estimate of drug-likeness (QED) is 0.626. The van der Waals surface area contributed by atoms with Crippen LogP contribution in [0.4, 0.5) is 0 Å². The van der Waals surface area contributed by atoms with Crippen LogP contribution in [0.2, 0.25) is 0 Å². The predicted molar refractivity (Wildman–Crippen MR) is 61.4 cm³/mol. The number of carbonyl (C=O) groups excluding carboxylic acids is 1. The van der Waals surface area contributed by atoms with Crippen molar-refractivity contribution in [3.05, 3.63) is 23.5 Å². The minimum atomic E-state index is -0.196. The molecule has 2 aromatic rings. The summed E-state index contributed by atoms with van der Waals surface area (Å²) in [5.41, 5.74) is 0.983. The van der Waals surface area contributed by atoms with E-state index in [4.69, 9.17) is 0 Å². The van der Waals surface area contributed by atoms with E-state index < -0.39 is 0 Å². The van der Waals surface area contributed by atoms with Gasteiger partial charge < -0.3 is 10.1 Å². The van der Waals surface area contributed by atoms with Crippen LogP contribution in [0.5, 0.6) is 0 Å². The first-order valence-corrected chi connectivity index (χ1v) is 5.86. The molecule has 0 aromatic carbocycles. The van der Waals surface area contributed by atoms with Crippen LogP contribution in [0.3, 0.4) is 0 Å². The van der Waals surface area contributed by atoms with Crippen molar-refractivity contribution in [2.75, 3.05) is 13.7 Å². The van der Waals surface area contributed by atoms with Gasteiger partial charge in [-0.15, -0.1) is 11.3 Å². The van der Waals surface area contributed by atoms with Gasteiger partial charge in [-0.3, -0.25) is 9.20 Å². The van der Waals surface area contributed by atoms with Gasteiger partial charge in [-0.25, -0.2) is 4.98 Å². The zero-order chi connectivity index (χ0) is 11.4. The number of fused-ring (bicyclic) bond motifs is 1. The molecule has 2 rings (SSSR count). The Morgan fingerprint density at radius 2 is 2.56 bits per heavy atom. The number of imidazole rings is 1. The summed E-state index contributed by atoms with van der Waals surface area (Å²) >= 11 is 1.61. The molecule has 0 amide bonds. The van der Waals surface area contributed by atoms with E-state index in [1.807, 2.05) is 22.2 Å². The van der Waals surface area contributed by atoms with E-state index in [-0.39, 0.29) is 5.97 Å². The Labute approximate surface area is 97.1 Å². The van der Waals surface area contributed by atoms with Crippen LogP contribution in [0, 0.1) is 0 Å². The number of methoxy groups -OCH3 is 1. The third-order valence-corrected chi connectivity index (χ3v) is 2.95. The number of esters is 1. The smallest absolute Gasteiger partial charge is 0.306 e. The zero-order valence-corrected chi connectivity index (χ0v) is 9.79. The van der Waals surface area contributed by atoms with E-state index in [9.17, 15) is 4.79 Å². The Hall–Kier alpha value is -1.40. The summed E-state index contributed by atoms with van der Waals surface area (Å²) in [7, 11) is 1.39. The highest BCUT2D eigenvalue weighted by Crippen LogP contribution is 2.10. The van der Waals surface area contributed by atoms with Crippen molar-refractivity contribution in [1.29, 1.82) is 0 Å². The largest absolute Gasteiger partial charge is 0.469 e. The van der Waals surface area contributed by atoms with Crippen molar-refractivity contribution in [2.24, 2.45) is 0 Å². The first-order valence-electron chi connectivity index (χ1n) is 4.98. The Kier molecular flexibility index (Phi) is 3.53. The van der Waals surface area contributed by atoms with Gasteiger partial charge in [-0.2, -0.15) is 0 Å². The lowest BCUT2D eigenvalue weighted by Crippen LogP contribution is -2.18. The lowest BCUT2D eigenvalue weighted by molar-refractivity contribution is -0.140. The molecule has 0 aliphatic heterocycles. The number of carbonyl (C=O) groups is 1. The van der Waals surface area contributed by atoms with Crippen LogP contribution in [0.1, 0.15) is 12.1 Å². The number of hydrogen-bond donors (Lipinski definition) is 1. The molecule has 0 bridgehead atoms. The number of hydrogen-bond acceptors (Lipinski definition) is 5. The van der Waals surface area contributed by atoms with Crippen molar-refractivity contribution in [2.45, 2.75) is 13.0 Å². The summed E-state index contributed by atoms with van der Waals surface area (Å²) in [6.45, 7) is 1.28. The molecular weight excluding hydrogens is 226 g/mol. The second-order valence-electron chi connectivity index (χ2n) is 3.33. The highest BCUT2D eigenvalue weighted by Gasteiger charge is 2.03. The van der Waals surface area contributed by atoms with Crippen LogP contribution >= 0.6 is 11.3 Å². The van der Waals surface area contributed by atoms with Gasteiger partial charge in [0.05, 0.1) is 19.2 Å². The number of ether oxygens (including phenoxy) is 1. The van der Waals surface area contributed by atoms with Gasteiger partial charge in [0.15, 0.2) is 4.96 Å². The average Bonchev–Trinajstić information content (AvgIpc) is 2.84. The van der Waals surface area contributed by atoms with Crippen LogP contribution in [-0.4, -0.2) is 29.0 Å². The van der Waals surface area contributed by atoms with E-state index in [0.29, 0.717) is 19.5 Å². The second kappa shape index (κ2) is 5.09. The van der Waals surface area contributed by atoms with Gasteiger partial charge in [0.1, 0.15) is 0 Å². The van der Waals surface area contributed by atoms with E-state index in [1.54, 1.807) is 11.3 Å². The number of aromatic nitrogens is 2. The maximum Gasteiger partial charge on any atom is 0.306 e. The van der Waals surface area contributed by atoms with Gasteiger partial charge in [0, 0.05) is 30.9 Å². The maximum absolute atomic E-state index is 10.8. The third-order valence-electron chi connectivity index (χ3n) is 2.18. The summed E-state index contributed by atoms with van der Waals surface area (Å²) in [5, 5.41) is 5.14. The Balaban J connectivity index is 1.78. The van der Waals surface area contributed by atoms with Gasteiger partial charge >= 0.3 is 5.97 Å². The molecule has 0 saturated carbocycles. The summed E-state index contributed by atoms with van der Waals surface area (Å²) in [4.78, 5) is 16.2. The van der Waals surface area contributed by atoms with Crippen LogP contribution in [0.25, 0.3) is 4.96 Å². The van der Waals surface area contributed by atoms with Crippen LogP contribution in [0.15, 0.2) is 17.8 Å². The lowest BCUT2D eigenvalue weighted by atomic mass is 10.4. The number of nitrogens with zero attached hydrogens (tertiary/aromatic N) is 2. The van der Waals surface area contributed by atoms with Gasteiger partial charge in [0.25, 0.3) is 0 Å². The van der Waals surface area contributed by atoms with Crippen molar-refractivity contribution in [3.63, 3.8) is 0 Å². The fourth-order valence-corrected chi connectivity index (χ4v) is 2.09. The minimum Gasteiger partial charge on any atom is -0.469 e. The first-order chi connectivity index (χ1) is 7.79. The second-order valence-corrected chi connectivity index (χ2v) is 4.20. The van der Waals surface area contributed by atoms with E-state index in [0.717, 1.165) is 10.7 Å². The van der Waals surface area contributed by atoms with Gasteiger partial charge in [-0.1, -0.05) is 0 Å². The predicted octanol–water partition coefficient (Wildman–Crippen LogP) is 1.05. The van der Waals surface area contributed by atoms with Crippen molar-refractivity contribution in [1.82, 2.24) is 14.7 Å². The molecule has 0 aliphatic rings. The van der Waals surface area contributed by atoms with Crippen molar-refractivity contribution >= 4 is 22.3 Å². The van der Waals surface area contributed by atoms with Crippen LogP contribution < -0.4 is 5.32 Å². The molecule has 6 heteroatoms. The molecule has 1 N–H and O–H groups in total. The normalized spacial score (nSPS) is 10.8. The highest BCUT2D eigenvalue weighted by atomic mass is 32.1. The maximum atomic E-state index is 10.8. The van der Waals surface area contributed by atoms with Gasteiger partial charge in [0.2, 0.25) is 0 Å². The van der Waals surface area contributed by atoms with Crippen molar-refractivity contribution < 1.29 is 9.53 Å². The van der Waals surface area contributed by atoms with Crippen LogP contribution in [-0.2, 0) is 16.1 Å². The molecule has 0 spiro atoms. The fourth-order valence-electron chi connectivity index (χ4n) is 1.37. The molecule has 0 radical (unpaired) electrons. The first kappa shape index (κ1) is 11.1. The molecule has 2 heterocycles. The lowest BCUT2D eigenvalue weighted by Gasteiger charge is -2.00. The number of thiazole rings is 1. The standard InChI is InChI=1S/C10H13N3O2S/c1-15-9(14)2-3-11-6-8-7-13-4-5-16-10(13)12-8/h4-5,7,11H,2-3,6H2,1H3. The summed E-state index contributed by atoms with van der Waals surface area (Å²) in [6.07, 6.45) is 4.35. The van der Waals surface area contributed by atoms with E-state index in [1.165, 1.54) is 7.11 Å². The summed E-state index contributed by atoms with van der Waals surface area (Å²) < 4.78 is 6.53. The number of rotatable bonds is 5. The fraction of sp³-hybridized carbons (Fsp3) is 0.400. The molecule has 86 valence electrons. The summed E-state index contributed by atoms with van der Waals surface area (Å²) in [5.74, 6) is -0.196. The molecule has 0 aliphatic carbocycles. The third kappa shape index (κ3) is 2.59. The molecule has 0 atom stereocenters. The Bertz CT molecular complexity index is 449. The molecule has 0 saturated heterocycles. The van der Waals surface area contributed by atoms with E-state index >= 15 is 0 Å². The minimum absolute atomic E-state index is 0.196. The molecule has 2 aromatic heterocycles. The van der Waals surface area contributed by atoms with Crippen molar-refractivity contribution in [3.8, 4) is 0 Å².